The number of methoxy groups -OCH3 is 1. The highest BCUT2D eigenvalue weighted by molar-refractivity contribution is 6.29. The smallest absolute Gasteiger partial charge is 0.339 e. The third kappa shape index (κ3) is 4.40. The van der Waals surface area contributed by atoms with Gasteiger partial charge in [0.15, 0.2) is 0 Å². The van der Waals surface area contributed by atoms with Crippen LogP contribution in [0.25, 0.3) is 0 Å². The van der Waals surface area contributed by atoms with Crippen molar-refractivity contribution in [3.63, 3.8) is 0 Å². The second kappa shape index (κ2) is 7.55. The molecule has 120 valence electrons. The summed E-state index contributed by atoms with van der Waals surface area (Å²) in [6, 6.07) is 5.73. The fourth-order valence-corrected chi connectivity index (χ4v) is 1.96. The molecule has 0 aliphatic rings. The van der Waals surface area contributed by atoms with Crippen LogP contribution in [0.1, 0.15) is 20.7 Å². The van der Waals surface area contributed by atoms with Gasteiger partial charge in [0.05, 0.1) is 18.2 Å². The van der Waals surface area contributed by atoms with Gasteiger partial charge in [0.1, 0.15) is 5.15 Å². The van der Waals surface area contributed by atoms with E-state index in [-0.39, 0.29) is 30.1 Å². The summed E-state index contributed by atoms with van der Waals surface area (Å²) in [6.45, 7) is 0.433. The molecule has 0 fully saturated rings. The summed E-state index contributed by atoms with van der Waals surface area (Å²) >= 11 is 5.65. The molecule has 2 aromatic heterocycles. The predicted octanol–water partition coefficient (Wildman–Crippen LogP) is 1.11. The summed E-state index contributed by atoms with van der Waals surface area (Å²) in [7, 11) is 1.26. The number of nitrogens with zero attached hydrogens (tertiary/aromatic N) is 2. The van der Waals surface area contributed by atoms with Crippen LogP contribution in [0.15, 0.2) is 41.5 Å². The molecule has 0 bridgehead atoms. The molecule has 0 radical (unpaired) electrons. The molecular formula is C15H14ClN3O4. The van der Waals surface area contributed by atoms with Crippen molar-refractivity contribution in [2.24, 2.45) is 0 Å². The Bertz CT molecular complexity index is 771. The number of aromatic nitrogens is 2. The largest absolute Gasteiger partial charge is 0.465 e. The molecule has 8 heteroatoms. The van der Waals surface area contributed by atoms with E-state index >= 15 is 0 Å². The summed E-state index contributed by atoms with van der Waals surface area (Å²) in [5, 5.41) is 2.96. The van der Waals surface area contributed by atoms with Gasteiger partial charge in [0, 0.05) is 31.5 Å². The van der Waals surface area contributed by atoms with Gasteiger partial charge in [0.2, 0.25) is 0 Å². The average molecular weight is 336 g/mol. The summed E-state index contributed by atoms with van der Waals surface area (Å²) in [4.78, 5) is 38.9. The van der Waals surface area contributed by atoms with Crippen molar-refractivity contribution in [1.29, 1.82) is 0 Å². The maximum Gasteiger partial charge on any atom is 0.339 e. The first kappa shape index (κ1) is 16.7. The predicted molar refractivity (Wildman–Crippen MR) is 83.6 cm³/mol. The van der Waals surface area contributed by atoms with Gasteiger partial charge in [0.25, 0.3) is 11.5 Å². The monoisotopic (exact) mass is 335 g/mol. The lowest BCUT2D eigenvalue weighted by atomic mass is 10.2. The molecule has 0 aliphatic carbocycles. The second-order valence-electron chi connectivity index (χ2n) is 4.57. The van der Waals surface area contributed by atoms with Crippen molar-refractivity contribution in [3.05, 3.63) is 63.3 Å². The molecule has 0 saturated carbocycles. The minimum absolute atomic E-state index is 0.214. The molecule has 2 heterocycles. The standard InChI is InChI=1S/C15H14ClN3O4/c1-23-15(22)11-3-5-13(20)19(9-11)7-6-17-14(21)10-2-4-12(16)18-8-10/h2-5,8-9H,6-7H2,1H3,(H,17,21). The summed E-state index contributed by atoms with van der Waals surface area (Å²) in [5.41, 5.74) is 0.352. The van der Waals surface area contributed by atoms with Crippen molar-refractivity contribution >= 4 is 23.5 Å². The quantitative estimate of drug-likeness (QED) is 0.653. The number of hydrogen-bond donors (Lipinski definition) is 1. The number of amides is 1. The van der Waals surface area contributed by atoms with E-state index in [0.29, 0.717) is 10.7 Å². The van der Waals surface area contributed by atoms with E-state index in [9.17, 15) is 14.4 Å². The third-order valence-corrected chi connectivity index (χ3v) is 3.26. The van der Waals surface area contributed by atoms with Gasteiger partial charge < -0.3 is 14.6 Å². The summed E-state index contributed by atoms with van der Waals surface area (Å²) in [6.07, 6.45) is 2.76. The minimum Gasteiger partial charge on any atom is -0.465 e. The normalized spacial score (nSPS) is 10.2. The van der Waals surface area contributed by atoms with E-state index in [2.05, 4.69) is 15.0 Å². The van der Waals surface area contributed by atoms with Crippen LogP contribution in [0.3, 0.4) is 0 Å². The van der Waals surface area contributed by atoms with Crippen molar-refractivity contribution in [1.82, 2.24) is 14.9 Å². The van der Waals surface area contributed by atoms with Crippen LogP contribution in [-0.2, 0) is 11.3 Å². The van der Waals surface area contributed by atoms with Crippen molar-refractivity contribution in [3.8, 4) is 0 Å². The number of ether oxygens (including phenoxy) is 1. The highest BCUT2D eigenvalue weighted by atomic mass is 35.5. The van der Waals surface area contributed by atoms with E-state index in [1.165, 1.54) is 42.3 Å². The molecule has 23 heavy (non-hydrogen) atoms. The maximum absolute atomic E-state index is 11.9. The first-order valence-corrected chi connectivity index (χ1v) is 7.07. The Balaban J connectivity index is 1.98. The van der Waals surface area contributed by atoms with Gasteiger partial charge >= 0.3 is 5.97 Å². The number of nitrogens with one attached hydrogen (secondary N) is 1. The number of pyridine rings is 2. The fourth-order valence-electron chi connectivity index (χ4n) is 1.85. The van der Waals surface area contributed by atoms with Gasteiger partial charge in [-0.25, -0.2) is 9.78 Å². The SMILES string of the molecule is COC(=O)c1ccc(=O)n(CCNC(=O)c2ccc(Cl)nc2)c1. The summed E-state index contributed by atoms with van der Waals surface area (Å²) in [5.74, 6) is -0.860. The van der Waals surface area contributed by atoms with Gasteiger partial charge in [-0.15, -0.1) is 0 Å². The maximum atomic E-state index is 11.9. The van der Waals surface area contributed by atoms with Crippen LogP contribution >= 0.6 is 11.6 Å². The van der Waals surface area contributed by atoms with Crippen molar-refractivity contribution in [2.75, 3.05) is 13.7 Å². The number of carbonyl (C=O) groups is 2. The van der Waals surface area contributed by atoms with Crippen LogP contribution in [-0.4, -0.2) is 35.1 Å². The molecule has 1 amide bonds. The Hall–Kier alpha value is -2.67. The van der Waals surface area contributed by atoms with Crippen LogP contribution in [0.4, 0.5) is 0 Å². The number of hydrogen-bond acceptors (Lipinski definition) is 5. The van der Waals surface area contributed by atoms with Crippen LogP contribution in [0.2, 0.25) is 5.15 Å². The highest BCUT2D eigenvalue weighted by Crippen LogP contribution is 2.05. The lowest BCUT2D eigenvalue weighted by molar-refractivity contribution is 0.0599. The lowest BCUT2D eigenvalue weighted by Gasteiger charge is -2.09. The molecule has 0 saturated heterocycles. The molecule has 1 N–H and O–H groups in total. The number of esters is 1. The Morgan fingerprint density at radius 2 is 2.00 bits per heavy atom. The van der Waals surface area contributed by atoms with Crippen LogP contribution < -0.4 is 10.9 Å². The Labute approximate surface area is 136 Å². The molecule has 2 aromatic rings. The topological polar surface area (TPSA) is 90.3 Å². The zero-order valence-electron chi connectivity index (χ0n) is 12.3. The molecule has 0 atom stereocenters. The molecule has 7 nitrogen and oxygen atoms in total. The molecular weight excluding hydrogens is 322 g/mol. The van der Waals surface area contributed by atoms with Gasteiger partial charge in [-0.1, -0.05) is 11.6 Å². The van der Waals surface area contributed by atoms with E-state index in [1.54, 1.807) is 6.07 Å². The fraction of sp³-hybridized carbons (Fsp3) is 0.200. The van der Waals surface area contributed by atoms with Gasteiger partial charge in [-0.3, -0.25) is 9.59 Å². The molecule has 0 aliphatic heterocycles. The number of halogens is 1. The average Bonchev–Trinajstić information content (AvgIpc) is 2.56. The Kier molecular flexibility index (Phi) is 5.48. The van der Waals surface area contributed by atoms with Crippen LogP contribution in [0, 0.1) is 0 Å². The molecule has 0 aromatic carbocycles. The minimum atomic E-state index is -0.532. The number of rotatable bonds is 5. The first-order chi connectivity index (χ1) is 11.0. The lowest BCUT2D eigenvalue weighted by Crippen LogP contribution is -2.31. The van der Waals surface area contributed by atoms with Crippen LogP contribution in [0.5, 0.6) is 0 Å². The Morgan fingerprint density at radius 1 is 1.26 bits per heavy atom. The molecule has 0 unspecified atom stereocenters. The molecule has 0 spiro atoms. The van der Waals surface area contributed by atoms with Gasteiger partial charge in [-0.05, 0) is 18.2 Å². The first-order valence-electron chi connectivity index (χ1n) is 6.70. The zero-order valence-corrected chi connectivity index (χ0v) is 13.0. The van der Waals surface area contributed by atoms with E-state index in [1.807, 2.05) is 0 Å². The van der Waals surface area contributed by atoms with Crippen molar-refractivity contribution in [2.45, 2.75) is 6.54 Å². The van der Waals surface area contributed by atoms with Gasteiger partial charge in [-0.2, -0.15) is 0 Å². The zero-order chi connectivity index (χ0) is 16.8. The Morgan fingerprint density at radius 3 is 2.65 bits per heavy atom. The third-order valence-electron chi connectivity index (χ3n) is 3.03. The summed E-state index contributed by atoms with van der Waals surface area (Å²) < 4.78 is 5.93. The van der Waals surface area contributed by atoms with E-state index in [0.717, 1.165) is 0 Å². The van der Waals surface area contributed by atoms with E-state index < -0.39 is 5.97 Å². The second-order valence-corrected chi connectivity index (χ2v) is 4.95. The number of carbonyl (C=O) groups excluding carboxylic acids is 2. The van der Waals surface area contributed by atoms with Crippen molar-refractivity contribution < 1.29 is 14.3 Å². The van der Waals surface area contributed by atoms with E-state index in [4.69, 9.17) is 11.6 Å². The highest BCUT2D eigenvalue weighted by Gasteiger charge is 2.08. The molecule has 2 rings (SSSR count).